The normalized spacial score (nSPS) is 12.1. The summed E-state index contributed by atoms with van der Waals surface area (Å²) in [6.45, 7) is 4.36. The molecule has 5 heteroatoms. The van der Waals surface area contributed by atoms with Crippen molar-refractivity contribution in [2.75, 3.05) is 6.61 Å². The zero-order valence-corrected chi connectivity index (χ0v) is 13.4. The number of ether oxygens (including phenoxy) is 2. The van der Waals surface area contributed by atoms with Gasteiger partial charge in [-0.3, -0.25) is 4.98 Å². The Hall–Kier alpha value is -1.88. The van der Waals surface area contributed by atoms with Gasteiger partial charge in [0.2, 0.25) is 0 Å². The number of halogens is 1. The second-order valence-corrected chi connectivity index (χ2v) is 5.68. The monoisotopic (exact) mass is 347 g/mol. The molecule has 1 aliphatic heterocycles. The third-order valence-electron chi connectivity index (χ3n) is 3.42. The van der Waals surface area contributed by atoms with Crippen LogP contribution >= 0.6 is 15.9 Å². The van der Waals surface area contributed by atoms with E-state index in [0.717, 1.165) is 26.9 Å². The van der Waals surface area contributed by atoms with Crippen LogP contribution in [-0.2, 0) is 11.3 Å². The van der Waals surface area contributed by atoms with E-state index in [2.05, 4.69) is 20.9 Å². The van der Waals surface area contributed by atoms with Crippen LogP contribution in [-0.4, -0.2) is 17.6 Å². The Labute approximate surface area is 131 Å². The molecule has 0 aliphatic carbocycles. The summed E-state index contributed by atoms with van der Waals surface area (Å²) in [5.41, 5.74) is 3.84. The zero-order valence-electron chi connectivity index (χ0n) is 11.8. The number of hydrogen-bond donors (Lipinski definition) is 0. The third-order valence-corrected chi connectivity index (χ3v) is 3.91. The summed E-state index contributed by atoms with van der Waals surface area (Å²) in [7, 11) is 0. The number of fused-ring (bicyclic) bond motifs is 3. The molecule has 108 valence electrons. The van der Waals surface area contributed by atoms with Crippen molar-refractivity contribution in [2.24, 2.45) is 0 Å². The molecule has 4 nitrogen and oxygen atoms in total. The highest BCUT2D eigenvalue weighted by molar-refractivity contribution is 9.10. The van der Waals surface area contributed by atoms with Crippen molar-refractivity contribution in [3.05, 3.63) is 45.7 Å². The maximum Gasteiger partial charge on any atom is 0.340 e. The van der Waals surface area contributed by atoms with Crippen molar-refractivity contribution < 1.29 is 14.3 Å². The van der Waals surface area contributed by atoms with Crippen LogP contribution in [0.4, 0.5) is 0 Å². The SMILES string of the molecule is CCOC(=O)c1c(C)ncc2c1-c1cc(Br)ccc1OC2. The molecule has 0 amide bonds. The summed E-state index contributed by atoms with van der Waals surface area (Å²) in [6, 6.07) is 5.77. The van der Waals surface area contributed by atoms with Crippen molar-refractivity contribution in [1.29, 1.82) is 0 Å². The quantitative estimate of drug-likeness (QED) is 0.773. The maximum absolute atomic E-state index is 12.3. The molecule has 0 unspecified atom stereocenters. The van der Waals surface area contributed by atoms with Gasteiger partial charge in [0.25, 0.3) is 0 Å². The molecule has 0 radical (unpaired) electrons. The smallest absolute Gasteiger partial charge is 0.340 e. The average molecular weight is 348 g/mol. The van der Waals surface area contributed by atoms with E-state index in [1.807, 2.05) is 25.1 Å². The van der Waals surface area contributed by atoms with Gasteiger partial charge in [0, 0.05) is 27.4 Å². The molecule has 3 rings (SSSR count). The molecule has 0 saturated carbocycles. The first kappa shape index (κ1) is 14.1. The Kier molecular flexibility index (Phi) is 3.68. The minimum Gasteiger partial charge on any atom is -0.488 e. The average Bonchev–Trinajstić information content (AvgIpc) is 2.47. The lowest BCUT2D eigenvalue weighted by Gasteiger charge is -2.23. The molecule has 1 aromatic heterocycles. The molecule has 0 N–H and O–H groups in total. The number of hydrogen-bond acceptors (Lipinski definition) is 4. The van der Waals surface area contributed by atoms with E-state index in [0.29, 0.717) is 24.5 Å². The van der Waals surface area contributed by atoms with Crippen LogP contribution in [0.3, 0.4) is 0 Å². The summed E-state index contributed by atoms with van der Waals surface area (Å²) in [5, 5.41) is 0. The van der Waals surface area contributed by atoms with Gasteiger partial charge in [0.15, 0.2) is 0 Å². The van der Waals surface area contributed by atoms with E-state index in [9.17, 15) is 4.79 Å². The summed E-state index contributed by atoms with van der Waals surface area (Å²) in [4.78, 5) is 16.6. The lowest BCUT2D eigenvalue weighted by atomic mass is 9.92. The number of aromatic nitrogens is 1. The molecule has 2 heterocycles. The second kappa shape index (κ2) is 5.48. The fourth-order valence-corrected chi connectivity index (χ4v) is 2.86. The summed E-state index contributed by atoms with van der Waals surface area (Å²) < 4.78 is 11.8. The van der Waals surface area contributed by atoms with Gasteiger partial charge in [-0.2, -0.15) is 0 Å². The second-order valence-electron chi connectivity index (χ2n) is 4.77. The van der Waals surface area contributed by atoms with Crippen molar-refractivity contribution in [3.8, 4) is 16.9 Å². The van der Waals surface area contributed by atoms with Gasteiger partial charge in [0.1, 0.15) is 12.4 Å². The fraction of sp³-hybridized carbons (Fsp3) is 0.250. The van der Waals surface area contributed by atoms with E-state index >= 15 is 0 Å². The topological polar surface area (TPSA) is 48.4 Å². The third kappa shape index (κ3) is 2.42. The van der Waals surface area contributed by atoms with Crippen LogP contribution in [0.25, 0.3) is 11.1 Å². The molecule has 0 spiro atoms. The minimum absolute atomic E-state index is 0.337. The highest BCUT2D eigenvalue weighted by Gasteiger charge is 2.26. The molecule has 2 aromatic rings. The molecular formula is C16H14BrNO3. The van der Waals surface area contributed by atoms with Gasteiger partial charge in [-0.25, -0.2) is 4.79 Å². The standard InChI is InChI=1S/C16H14BrNO3/c1-3-20-16(19)14-9(2)18-7-10-8-21-13-5-4-11(17)6-12(13)15(10)14/h4-7H,3,8H2,1-2H3. The van der Waals surface area contributed by atoms with E-state index in [1.54, 1.807) is 13.1 Å². The van der Waals surface area contributed by atoms with Crippen LogP contribution in [0.1, 0.15) is 28.5 Å². The molecule has 1 aliphatic rings. The first-order chi connectivity index (χ1) is 10.1. The molecule has 1 aromatic carbocycles. The number of carbonyl (C=O) groups is 1. The maximum atomic E-state index is 12.3. The molecule has 0 bridgehead atoms. The van der Waals surface area contributed by atoms with Crippen molar-refractivity contribution in [2.45, 2.75) is 20.5 Å². The Balaban J connectivity index is 2.27. The number of pyridine rings is 1. The molecule has 0 saturated heterocycles. The molecule has 21 heavy (non-hydrogen) atoms. The lowest BCUT2D eigenvalue weighted by molar-refractivity contribution is 0.0525. The highest BCUT2D eigenvalue weighted by atomic mass is 79.9. The highest BCUT2D eigenvalue weighted by Crippen LogP contribution is 2.41. The number of esters is 1. The Morgan fingerprint density at radius 2 is 2.29 bits per heavy atom. The van der Waals surface area contributed by atoms with Gasteiger partial charge in [-0.15, -0.1) is 0 Å². The van der Waals surface area contributed by atoms with Gasteiger partial charge < -0.3 is 9.47 Å². The predicted octanol–water partition coefficient (Wildman–Crippen LogP) is 3.89. The van der Waals surface area contributed by atoms with Crippen LogP contribution in [0.2, 0.25) is 0 Å². The van der Waals surface area contributed by atoms with E-state index in [1.165, 1.54) is 0 Å². The first-order valence-corrected chi connectivity index (χ1v) is 7.49. The fourth-order valence-electron chi connectivity index (χ4n) is 2.49. The summed E-state index contributed by atoms with van der Waals surface area (Å²) in [6.07, 6.45) is 1.76. The Morgan fingerprint density at radius 1 is 1.48 bits per heavy atom. The van der Waals surface area contributed by atoms with Gasteiger partial charge in [0.05, 0.1) is 17.9 Å². The molecule has 0 fully saturated rings. The van der Waals surface area contributed by atoms with E-state index < -0.39 is 0 Å². The van der Waals surface area contributed by atoms with Crippen molar-refractivity contribution in [1.82, 2.24) is 4.98 Å². The number of nitrogens with zero attached hydrogens (tertiary/aromatic N) is 1. The van der Waals surface area contributed by atoms with Crippen LogP contribution < -0.4 is 4.74 Å². The number of benzene rings is 1. The zero-order chi connectivity index (χ0) is 15.0. The van der Waals surface area contributed by atoms with Crippen LogP contribution in [0, 0.1) is 6.92 Å². The first-order valence-electron chi connectivity index (χ1n) is 6.70. The van der Waals surface area contributed by atoms with Gasteiger partial charge >= 0.3 is 5.97 Å². The van der Waals surface area contributed by atoms with E-state index in [4.69, 9.17) is 9.47 Å². The van der Waals surface area contributed by atoms with E-state index in [-0.39, 0.29) is 5.97 Å². The molecule has 0 atom stereocenters. The predicted molar refractivity (Wildman–Crippen MR) is 82.4 cm³/mol. The van der Waals surface area contributed by atoms with Gasteiger partial charge in [-0.1, -0.05) is 15.9 Å². The van der Waals surface area contributed by atoms with Crippen LogP contribution in [0.5, 0.6) is 5.75 Å². The number of carbonyl (C=O) groups excluding carboxylic acids is 1. The largest absolute Gasteiger partial charge is 0.488 e. The van der Waals surface area contributed by atoms with Gasteiger partial charge in [-0.05, 0) is 32.0 Å². The minimum atomic E-state index is -0.341. The Bertz CT molecular complexity index is 728. The molecular weight excluding hydrogens is 334 g/mol. The Morgan fingerprint density at radius 3 is 3.05 bits per heavy atom. The van der Waals surface area contributed by atoms with Crippen LogP contribution in [0.15, 0.2) is 28.9 Å². The van der Waals surface area contributed by atoms with Crippen molar-refractivity contribution in [3.63, 3.8) is 0 Å². The summed E-state index contributed by atoms with van der Waals surface area (Å²) in [5.74, 6) is 0.425. The number of rotatable bonds is 2. The lowest BCUT2D eigenvalue weighted by Crippen LogP contribution is -2.15. The number of aryl methyl sites for hydroxylation is 1. The van der Waals surface area contributed by atoms with Crippen molar-refractivity contribution >= 4 is 21.9 Å². The summed E-state index contributed by atoms with van der Waals surface area (Å²) >= 11 is 3.47.